The fraction of sp³-hybridized carbons (Fsp3) is 0.333. The number of aliphatic hydroxyl groups is 1. The van der Waals surface area contributed by atoms with Crippen molar-refractivity contribution in [2.24, 2.45) is 0 Å². The van der Waals surface area contributed by atoms with Crippen LogP contribution >= 0.6 is 0 Å². The summed E-state index contributed by atoms with van der Waals surface area (Å²) in [6.45, 7) is 7.73. The molecule has 1 nitrogen and oxygen atoms in total. The van der Waals surface area contributed by atoms with Crippen LogP contribution in [0, 0.1) is 6.92 Å². The van der Waals surface area contributed by atoms with Crippen molar-refractivity contribution in [1.82, 2.24) is 0 Å². The van der Waals surface area contributed by atoms with Gasteiger partial charge in [-0.25, -0.2) is 0 Å². The summed E-state index contributed by atoms with van der Waals surface area (Å²) in [6, 6.07) is 7.90. The third-order valence-electron chi connectivity index (χ3n) is 2.09. The van der Waals surface area contributed by atoms with Crippen molar-refractivity contribution in [3.63, 3.8) is 0 Å². The molecule has 0 radical (unpaired) electrons. The molecule has 0 aliphatic rings. The van der Waals surface area contributed by atoms with E-state index in [2.05, 4.69) is 6.58 Å². The Bertz CT molecular complexity index is 302. The molecule has 0 spiro atoms. The lowest BCUT2D eigenvalue weighted by atomic mass is 9.99. The molecule has 0 amide bonds. The Hall–Kier alpha value is -1.08. The molecular weight excluding hydrogens is 160 g/mol. The fourth-order valence-corrected chi connectivity index (χ4v) is 1.40. The van der Waals surface area contributed by atoms with Crippen LogP contribution in [0.5, 0.6) is 0 Å². The molecule has 1 heteroatoms. The van der Waals surface area contributed by atoms with Crippen LogP contribution in [-0.2, 0) is 0 Å². The molecule has 0 aliphatic carbocycles. The molecule has 0 fully saturated rings. The van der Waals surface area contributed by atoms with E-state index in [4.69, 9.17) is 0 Å². The van der Waals surface area contributed by atoms with E-state index in [-0.39, 0.29) is 0 Å². The van der Waals surface area contributed by atoms with Gasteiger partial charge in [0.2, 0.25) is 0 Å². The quantitative estimate of drug-likeness (QED) is 0.702. The standard InChI is InChI=1S/C12H16O/c1-9(2)8-12(13)11-7-5-4-6-10(11)3/h4-7,12-13H,1,8H2,2-3H3/t12-/m0/s1. The largest absolute Gasteiger partial charge is 0.388 e. The second-order valence-electron chi connectivity index (χ2n) is 3.53. The molecule has 1 aromatic rings. The van der Waals surface area contributed by atoms with E-state index in [1.165, 1.54) is 0 Å². The van der Waals surface area contributed by atoms with Crippen LogP contribution in [0.3, 0.4) is 0 Å². The van der Waals surface area contributed by atoms with E-state index in [1.54, 1.807) is 0 Å². The maximum absolute atomic E-state index is 9.81. The van der Waals surface area contributed by atoms with Crippen molar-refractivity contribution in [3.05, 3.63) is 47.5 Å². The van der Waals surface area contributed by atoms with Crippen LogP contribution in [0.1, 0.15) is 30.6 Å². The molecule has 0 saturated heterocycles. The van der Waals surface area contributed by atoms with Crippen LogP contribution < -0.4 is 0 Å². The first kappa shape index (κ1) is 10.0. The molecular formula is C12H16O. The highest BCUT2D eigenvalue weighted by Crippen LogP contribution is 2.22. The number of rotatable bonds is 3. The van der Waals surface area contributed by atoms with Crippen molar-refractivity contribution in [2.75, 3.05) is 0 Å². The number of aryl methyl sites for hydroxylation is 1. The molecule has 0 bridgehead atoms. The van der Waals surface area contributed by atoms with E-state index < -0.39 is 6.10 Å². The van der Waals surface area contributed by atoms with Crippen molar-refractivity contribution >= 4 is 0 Å². The predicted octanol–water partition coefficient (Wildman–Crippen LogP) is 2.99. The zero-order valence-corrected chi connectivity index (χ0v) is 8.25. The summed E-state index contributed by atoms with van der Waals surface area (Å²) in [5.41, 5.74) is 3.15. The summed E-state index contributed by atoms with van der Waals surface area (Å²) in [6.07, 6.45) is 0.240. The fourth-order valence-electron chi connectivity index (χ4n) is 1.40. The van der Waals surface area contributed by atoms with E-state index in [0.717, 1.165) is 16.7 Å². The lowest BCUT2D eigenvalue weighted by Gasteiger charge is -2.12. The molecule has 1 atom stereocenters. The molecule has 0 heterocycles. The molecule has 1 N–H and O–H groups in total. The molecule has 1 rings (SSSR count). The molecule has 0 aliphatic heterocycles. The smallest absolute Gasteiger partial charge is 0.0829 e. The van der Waals surface area contributed by atoms with Gasteiger partial charge in [0.1, 0.15) is 0 Å². The van der Waals surface area contributed by atoms with Gasteiger partial charge in [-0.1, -0.05) is 29.8 Å². The Morgan fingerprint density at radius 2 is 2.08 bits per heavy atom. The minimum atomic E-state index is -0.404. The first-order valence-electron chi connectivity index (χ1n) is 4.49. The Morgan fingerprint density at radius 3 is 2.62 bits per heavy atom. The lowest BCUT2D eigenvalue weighted by Crippen LogP contribution is -1.99. The molecule has 13 heavy (non-hydrogen) atoms. The highest BCUT2D eigenvalue weighted by Gasteiger charge is 2.08. The number of hydrogen-bond donors (Lipinski definition) is 1. The SMILES string of the molecule is C=C(C)C[C@H](O)c1ccccc1C. The Kier molecular flexibility index (Phi) is 3.26. The van der Waals surface area contributed by atoms with Crippen LogP contribution in [0.4, 0.5) is 0 Å². The van der Waals surface area contributed by atoms with E-state index in [9.17, 15) is 5.11 Å². The minimum Gasteiger partial charge on any atom is -0.388 e. The highest BCUT2D eigenvalue weighted by atomic mass is 16.3. The number of aliphatic hydroxyl groups excluding tert-OH is 1. The Balaban J connectivity index is 2.82. The maximum Gasteiger partial charge on any atom is 0.0829 e. The maximum atomic E-state index is 9.81. The monoisotopic (exact) mass is 176 g/mol. The van der Waals surface area contributed by atoms with Crippen LogP contribution in [0.25, 0.3) is 0 Å². The molecule has 1 aromatic carbocycles. The zero-order valence-electron chi connectivity index (χ0n) is 8.25. The van der Waals surface area contributed by atoms with Crippen LogP contribution in [0.2, 0.25) is 0 Å². The summed E-state index contributed by atoms with van der Waals surface area (Å²) in [4.78, 5) is 0. The van der Waals surface area contributed by atoms with Gasteiger partial charge >= 0.3 is 0 Å². The van der Waals surface area contributed by atoms with Gasteiger partial charge in [0.25, 0.3) is 0 Å². The van der Waals surface area contributed by atoms with Gasteiger partial charge in [-0.05, 0) is 31.4 Å². The van der Waals surface area contributed by atoms with Gasteiger partial charge in [-0.15, -0.1) is 6.58 Å². The molecule has 70 valence electrons. The van der Waals surface area contributed by atoms with Crippen molar-refractivity contribution < 1.29 is 5.11 Å². The van der Waals surface area contributed by atoms with Crippen molar-refractivity contribution in [1.29, 1.82) is 0 Å². The number of benzene rings is 1. The summed E-state index contributed by atoms with van der Waals surface area (Å²) < 4.78 is 0. The molecule has 0 unspecified atom stereocenters. The summed E-state index contributed by atoms with van der Waals surface area (Å²) in [5, 5.41) is 9.81. The van der Waals surface area contributed by atoms with Crippen LogP contribution in [0.15, 0.2) is 36.4 Å². The first-order valence-corrected chi connectivity index (χ1v) is 4.49. The lowest BCUT2D eigenvalue weighted by molar-refractivity contribution is 0.178. The highest BCUT2D eigenvalue weighted by molar-refractivity contribution is 5.28. The van der Waals surface area contributed by atoms with E-state index >= 15 is 0 Å². The zero-order chi connectivity index (χ0) is 9.84. The average molecular weight is 176 g/mol. The Morgan fingerprint density at radius 1 is 1.46 bits per heavy atom. The van der Waals surface area contributed by atoms with E-state index in [0.29, 0.717) is 6.42 Å². The van der Waals surface area contributed by atoms with E-state index in [1.807, 2.05) is 38.1 Å². The minimum absolute atomic E-state index is 0.404. The summed E-state index contributed by atoms with van der Waals surface area (Å²) in [7, 11) is 0. The first-order chi connectivity index (χ1) is 6.11. The van der Waals surface area contributed by atoms with Gasteiger partial charge in [-0.3, -0.25) is 0 Å². The second-order valence-corrected chi connectivity index (χ2v) is 3.53. The third kappa shape index (κ3) is 2.71. The van der Waals surface area contributed by atoms with Crippen molar-refractivity contribution in [3.8, 4) is 0 Å². The van der Waals surface area contributed by atoms with Gasteiger partial charge in [0.05, 0.1) is 6.10 Å². The Labute approximate surface area is 79.7 Å². The number of hydrogen-bond acceptors (Lipinski definition) is 1. The van der Waals surface area contributed by atoms with Gasteiger partial charge in [0.15, 0.2) is 0 Å². The third-order valence-corrected chi connectivity index (χ3v) is 2.09. The van der Waals surface area contributed by atoms with Crippen LogP contribution in [-0.4, -0.2) is 5.11 Å². The van der Waals surface area contributed by atoms with Gasteiger partial charge in [-0.2, -0.15) is 0 Å². The summed E-state index contributed by atoms with van der Waals surface area (Å²) in [5.74, 6) is 0. The average Bonchev–Trinajstić information content (AvgIpc) is 2.03. The second kappa shape index (κ2) is 4.24. The van der Waals surface area contributed by atoms with Gasteiger partial charge in [0, 0.05) is 0 Å². The summed E-state index contributed by atoms with van der Waals surface area (Å²) >= 11 is 0. The molecule has 0 aromatic heterocycles. The normalized spacial score (nSPS) is 12.5. The molecule has 0 saturated carbocycles. The van der Waals surface area contributed by atoms with Crippen molar-refractivity contribution in [2.45, 2.75) is 26.4 Å². The topological polar surface area (TPSA) is 20.2 Å². The van der Waals surface area contributed by atoms with Gasteiger partial charge < -0.3 is 5.11 Å². The predicted molar refractivity (Wildman–Crippen MR) is 55.6 cm³/mol.